The molecule has 0 saturated carbocycles. The molecule has 6 heteroatoms. The Bertz CT molecular complexity index is 746. The molecule has 0 bridgehead atoms. The molecule has 0 spiro atoms. The van der Waals surface area contributed by atoms with Gasteiger partial charge in [0.15, 0.2) is 0 Å². The summed E-state index contributed by atoms with van der Waals surface area (Å²) < 4.78 is 0. The molecule has 1 heterocycles. The number of hydrogen-bond acceptors (Lipinski definition) is 4. The normalized spacial score (nSPS) is 12.0. The van der Waals surface area contributed by atoms with E-state index in [0.717, 1.165) is 5.56 Å². The second-order valence-electron chi connectivity index (χ2n) is 4.73. The van der Waals surface area contributed by atoms with Crippen LogP contribution in [0.5, 0.6) is 5.88 Å². The topological polar surface area (TPSA) is 103 Å². The van der Waals surface area contributed by atoms with Crippen LogP contribution in [0.25, 0.3) is 0 Å². The third kappa shape index (κ3) is 3.28. The summed E-state index contributed by atoms with van der Waals surface area (Å²) in [5.41, 5.74) is -0.737. The van der Waals surface area contributed by atoms with Crippen molar-refractivity contribution in [1.29, 1.82) is 0 Å². The summed E-state index contributed by atoms with van der Waals surface area (Å²) in [6.45, 7) is 1.74. The SMILES string of the molecule is CCC(=O)CC(c1ccccc1)c1c(O)[nH]c(=O)[nH]c1=O. The fraction of sp³-hybridized carbons (Fsp3) is 0.267. The molecular formula is C15H16N2O4. The van der Waals surface area contributed by atoms with Gasteiger partial charge >= 0.3 is 5.69 Å². The van der Waals surface area contributed by atoms with Crippen LogP contribution >= 0.6 is 0 Å². The zero-order chi connectivity index (χ0) is 15.4. The molecule has 2 rings (SSSR count). The van der Waals surface area contributed by atoms with Crippen molar-refractivity contribution in [2.75, 3.05) is 0 Å². The van der Waals surface area contributed by atoms with Crippen LogP contribution in [-0.2, 0) is 4.79 Å². The van der Waals surface area contributed by atoms with Gasteiger partial charge in [-0.05, 0) is 5.56 Å². The Morgan fingerprint density at radius 1 is 1.19 bits per heavy atom. The molecule has 1 aromatic heterocycles. The maximum atomic E-state index is 12.0. The average molecular weight is 288 g/mol. The molecule has 110 valence electrons. The van der Waals surface area contributed by atoms with E-state index in [1.165, 1.54) is 0 Å². The number of Topliss-reactive ketones (excluding diaryl/α,β-unsaturated/α-hetero) is 1. The Morgan fingerprint density at radius 3 is 2.43 bits per heavy atom. The van der Waals surface area contributed by atoms with E-state index in [1.807, 2.05) is 6.07 Å². The molecule has 2 aromatic rings. The molecule has 1 unspecified atom stereocenters. The molecule has 0 amide bonds. The highest BCUT2D eigenvalue weighted by Gasteiger charge is 2.24. The largest absolute Gasteiger partial charge is 0.494 e. The first-order chi connectivity index (χ1) is 10.0. The summed E-state index contributed by atoms with van der Waals surface area (Å²) in [5.74, 6) is -1.13. The lowest BCUT2D eigenvalue weighted by atomic mass is 9.87. The molecule has 0 fully saturated rings. The van der Waals surface area contributed by atoms with Crippen LogP contribution in [0.3, 0.4) is 0 Å². The lowest BCUT2D eigenvalue weighted by molar-refractivity contribution is -0.118. The van der Waals surface area contributed by atoms with E-state index in [1.54, 1.807) is 31.2 Å². The number of aromatic hydroxyl groups is 1. The van der Waals surface area contributed by atoms with E-state index in [4.69, 9.17) is 0 Å². The number of nitrogens with one attached hydrogen (secondary N) is 2. The summed E-state index contributed by atoms with van der Waals surface area (Å²) in [6, 6.07) is 8.94. The van der Waals surface area contributed by atoms with Crippen molar-refractivity contribution in [3.63, 3.8) is 0 Å². The molecule has 0 aliphatic heterocycles. The Morgan fingerprint density at radius 2 is 1.86 bits per heavy atom. The van der Waals surface area contributed by atoms with Crippen molar-refractivity contribution in [3.8, 4) is 5.88 Å². The number of H-pyrrole nitrogens is 2. The zero-order valence-corrected chi connectivity index (χ0v) is 11.6. The number of carbonyl (C=O) groups is 1. The first kappa shape index (κ1) is 14.8. The van der Waals surface area contributed by atoms with Gasteiger partial charge in [-0.1, -0.05) is 37.3 Å². The molecule has 0 saturated heterocycles. The summed E-state index contributed by atoms with van der Waals surface area (Å²) >= 11 is 0. The second-order valence-corrected chi connectivity index (χ2v) is 4.73. The van der Waals surface area contributed by atoms with Crippen LogP contribution in [0.4, 0.5) is 0 Å². The molecule has 0 aliphatic carbocycles. The van der Waals surface area contributed by atoms with Gasteiger partial charge in [0.1, 0.15) is 5.78 Å². The molecule has 0 aliphatic rings. The third-order valence-corrected chi connectivity index (χ3v) is 3.34. The molecule has 21 heavy (non-hydrogen) atoms. The molecule has 3 N–H and O–H groups in total. The van der Waals surface area contributed by atoms with Crippen LogP contribution in [0, 0.1) is 0 Å². The maximum absolute atomic E-state index is 12.0. The molecule has 0 radical (unpaired) electrons. The van der Waals surface area contributed by atoms with Gasteiger partial charge in [0.05, 0.1) is 5.56 Å². The van der Waals surface area contributed by atoms with Crippen LogP contribution < -0.4 is 11.2 Å². The van der Waals surface area contributed by atoms with Crippen molar-refractivity contribution in [2.45, 2.75) is 25.7 Å². The first-order valence-corrected chi connectivity index (χ1v) is 6.65. The number of hydrogen-bond donors (Lipinski definition) is 3. The summed E-state index contributed by atoms with van der Waals surface area (Å²) in [5, 5.41) is 9.90. The summed E-state index contributed by atoms with van der Waals surface area (Å²) in [4.78, 5) is 39.2. The van der Waals surface area contributed by atoms with Crippen molar-refractivity contribution in [3.05, 3.63) is 62.3 Å². The lowest BCUT2D eigenvalue weighted by Gasteiger charge is -2.16. The lowest BCUT2D eigenvalue weighted by Crippen LogP contribution is -2.27. The van der Waals surface area contributed by atoms with Crippen LogP contribution in [-0.4, -0.2) is 20.9 Å². The van der Waals surface area contributed by atoms with E-state index < -0.39 is 23.0 Å². The Kier molecular flexibility index (Phi) is 4.37. The van der Waals surface area contributed by atoms with E-state index in [2.05, 4.69) is 9.97 Å². The predicted molar refractivity (Wildman–Crippen MR) is 77.5 cm³/mol. The highest BCUT2D eigenvalue weighted by atomic mass is 16.3. The Labute approximate surface area is 120 Å². The first-order valence-electron chi connectivity index (χ1n) is 6.65. The molecule has 6 nitrogen and oxygen atoms in total. The number of ketones is 1. The van der Waals surface area contributed by atoms with E-state index >= 15 is 0 Å². The Hall–Kier alpha value is -2.63. The monoisotopic (exact) mass is 288 g/mol. The van der Waals surface area contributed by atoms with Gasteiger partial charge in [-0.3, -0.25) is 19.6 Å². The van der Waals surface area contributed by atoms with E-state index in [0.29, 0.717) is 6.42 Å². The van der Waals surface area contributed by atoms with Crippen LogP contribution in [0.15, 0.2) is 39.9 Å². The minimum atomic E-state index is -0.783. The number of carbonyl (C=O) groups excluding carboxylic acids is 1. The van der Waals surface area contributed by atoms with Gasteiger partial charge in [0.2, 0.25) is 5.88 Å². The molecule has 1 aromatic carbocycles. The van der Waals surface area contributed by atoms with E-state index in [-0.39, 0.29) is 17.8 Å². The fourth-order valence-electron chi connectivity index (χ4n) is 2.25. The smallest absolute Gasteiger partial charge is 0.328 e. The van der Waals surface area contributed by atoms with Crippen LogP contribution in [0.2, 0.25) is 0 Å². The van der Waals surface area contributed by atoms with Gasteiger partial charge in [-0.2, -0.15) is 0 Å². The fourth-order valence-corrected chi connectivity index (χ4v) is 2.25. The van der Waals surface area contributed by atoms with Gasteiger partial charge in [0, 0.05) is 18.8 Å². The van der Waals surface area contributed by atoms with Crippen molar-refractivity contribution >= 4 is 5.78 Å². The number of aromatic nitrogens is 2. The minimum Gasteiger partial charge on any atom is -0.494 e. The average Bonchev–Trinajstić information content (AvgIpc) is 2.46. The summed E-state index contributed by atoms with van der Waals surface area (Å²) in [7, 11) is 0. The quantitative estimate of drug-likeness (QED) is 0.770. The zero-order valence-electron chi connectivity index (χ0n) is 11.6. The molecular weight excluding hydrogens is 272 g/mol. The third-order valence-electron chi connectivity index (χ3n) is 3.34. The van der Waals surface area contributed by atoms with Gasteiger partial charge in [-0.15, -0.1) is 0 Å². The van der Waals surface area contributed by atoms with Crippen LogP contribution in [0.1, 0.15) is 36.8 Å². The maximum Gasteiger partial charge on any atom is 0.328 e. The van der Waals surface area contributed by atoms with Gasteiger partial charge in [0.25, 0.3) is 5.56 Å². The number of benzene rings is 1. The van der Waals surface area contributed by atoms with Crippen molar-refractivity contribution in [2.24, 2.45) is 0 Å². The standard InChI is InChI=1S/C15H16N2O4/c1-2-10(18)8-11(9-6-4-3-5-7-9)12-13(19)16-15(21)17-14(12)20/h3-7,11H,2,8H2,1H3,(H3,16,17,19,20,21). The highest BCUT2D eigenvalue weighted by molar-refractivity contribution is 5.79. The number of rotatable bonds is 5. The van der Waals surface area contributed by atoms with Crippen molar-refractivity contribution in [1.82, 2.24) is 9.97 Å². The Balaban J connectivity index is 2.58. The predicted octanol–water partition coefficient (Wildman–Crippen LogP) is 1.27. The minimum absolute atomic E-state index is 0.00241. The van der Waals surface area contributed by atoms with Gasteiger partial charge in [-0.25, -0.2) is 4.79 Å². The summed E-state index contributed by atoms with van der Waals surface area (Å²) in [6.07, 6.45) is 0.425. The van der Waals surface area contributed by atoms with E-state index in [9.17, 15) is 19.5 Å². The van der Waals surface area contributed by atoms with Crippen molar-refractivity contribution < 1.29 is 9.90 Å². The highest BCUT2D eigenvalue weighted by Crippen LogP contribution is 2.30. The second kappa shape index (κ2) is 6.21. The molecule has 1 atom stereocenters. The number of aromatic amines is 2. The van der Waals surface area contributed by atoms with Gasteiger partial charge < -0.3 is 5.11 Å².